The van der Waals surface area contributed by atoms with Crippen molar-refractivity contribution in [2.45, 2.75) is 18.9 Å². The van der Waals surface area contributed by atoms with Gasteiger partial charge in [0, 0.05) is 38.2 Å². The zero-order valence-corrected chi connectivity index (χ0v) is 13.4. The first-order chi connectivity index (χ1) is 10.5. The number of aromatic nitrogens is 1. The molecular weight excluding hydrogens is 306 g/mol. The lowest BCUT2D eigenvalue weighted by Gasteiger charge is -2.13. The number of nitrogens with zero attached hydrogens (tertiary/aromatic N) is 1. The lowest BCUT2D eigenvalue weighted by atomic mass is 10.2. The summed E-state index contributed by atoms with van der Waals surface area (Å²) in [6, 6.07) is 3.26. The van der Waals surface area contributed by atoms with E-state index in [1.54, 1.807) is 19.2 Å². The second-order valence-corrected chi connectivity index (χ2v) is 7.51. The maximum atomic E-state index is 12.0. The molecule has 1 aromatic rings. The molecule has 1 saturated heterocycles. The van der Waals surface area contributed by atoms with E-state index < -0.39 is 9.84 Å². The summed E-state index contributed by atoms with van der Waals surface area (Å²) < 4.78 is 27.8. The van der Waals surface area contributed by atoms with Crippen molar-refractivity contribution < 1.29 is 17.9 Å². The van der Waals surface area contributed by atoms with Gasteiger partial charge >= 0.3 is 0 Å². The number of sulfone groups is 1. The molecule has 1 unspecified atom stereocenters. The maximum Gasteiger partial charge on any atom is 0.269 e. The molecule has 2 N–H and O–H groups in total. The number of carbonyl (C=O) groups excluding carboxylic acids is 1. The smallest absolute Gasteiger partial charge is 0.269 e. The fourth-order valence-corrected chi connectivity index (χ4v) is 3.97. The highest BCUT2D eigenvalue weighted by Gasteiger charge is 2.27. The van der Waals surface area contributed by atoms with Crippen molar-refractivity contribution in [3.63, 3.8) is 0 Å². The first kappa shape index (κ1) is 16.7. The largest absolute Gasteiger partial charge is 0.385 e. The lowest BCUT2D eigenvalue weighted by Crippen LogP contribution is -2.26. The highest BCUT2D eigenvalue weighted by molar-refractivity contribution is 7.91. The third-order valence-electron chi connectivity index (χ3n) is 3.41. The van der Waals surface area contributed by atoms with E-state index in [1.807, 2.05) is 0 Å². The van der Waals surface area contributed by atoms with Crippen LogP contribution in [0.15, 0.2) is 18.3 Å². The van der Waals surface area contributed by atoms with Gasteiger partial charge in [0.1, 0.15) is 5.69 Å². The molecule has 22 heavy (non-hydrogen) atoms. The van der Waals surface area contributed by atoms with Crippen molar-refractivity contribution >= 4 is 21.4 Å². The predicted octanol–water partition coefficient (Wildman–Crippen LogP) is 0.447. The fourth-order valence-electron chi connectivity index (χ4n) is 2.30. The Bertz CT molecular complexity index is 618. The first-order valence-electron chi connectivity index (χ1n) is 7.20. The summed E-state index contributed by atoms with van der Waals surface area (Å²) in [5.74, 6) is 0.0926. The van der Waals surface area contributed by atoms with Gasteiger partial charge in [-0.05, 0) is 25.0 Å². The molecule has 0 spiro atoms. The molecular formula is C14H21N3O4S. The van der Waals surface area contributed by atoms with E-state index in [0.717, 1.165) is 6.42 Å². The molecule has 1 fully saturated rings. The van der Waals surface area contributed by atoms with E-state index in [-0.39, 0.29) is 23.5 Å². The van der Waals surface area contributed by atoms with Crippen molar-refractivity contribution in [3.8, 4) is 0 Å². The van der Waals surface area contributed by atoms with Crippen molar-refractivity contribution in [2.24, 2.45) is 0 Å². The van der Waals surface area contributed by atoms with Gasteiger partial charge in [0.25, 0.3) is 5.91 Å². The van der Waals surface area contributed by atoms with Crippen molar-refractivity contribution in [3.05, 3.63) is 24.0 Å². The standard InChI is InChI=1S/C14H21N3O4S/c1-21-7-2-5-16-14(18)13-9-11(3-6-15-13)17-12-4-8-22(19,20)10-12/h3,6,9,12H,2,4-5,7-8,10H2,1H3,(H,15,17)(H,16,18). The normalized spacial score (nSPS) is 19.8. The predicted molar refractivity (Wildman–Crippen MR) is 83.7 cm³/mol. The number of rotatable bonds is 7. The molecule has 1 amide bonds. The summed E-state index contributed by atoms with van der Waals surface area (Å²) in [6.07, 6.45) is 2.86. The summed E-state index contributed by atoms with van der Waals surface area (Å²) in [4.78, 5) is 16.0. The van der Waals surface area contributed by atoms with E-state index in [9.17, 15) is 13.2 Å². The Balaban J connectivity index is 1.91. The van der Waals surface area contributed by atoms with Crippen LogP contribution in [0.25, 0.3) is 0 Å². The lowest BCUT2D eigenvalue weighted by molar-refractivity contribution is 0.0943. The van der Waals surface area contributed by atoms with Gasteiger partial charge in [-0.15, -0.1) is 0 Å². The molecule has 8 heteroatoms. The summed E-state index contributed by atoms with van der Waals surface area (Å²) in [5, 5.41) is 5.91. The third-order valence-corrected chi connectivity index (χ3v) is 5.17. The molecule has 1 aromatic heterocycles. The van der Waals surface area contributed by atoms with Crippen LogP contribution in [-0.4, -0.2) is 57.1 Å². The van der Waals surface area contributed by atoms with Crippen LogP contribution in [0, 0.1) is 0 Å². The number of anilines is 1. The van der Waals surface area contributed by atoms with Crippen LogP contribution < -0.4 is 10.6 Å². The molecule has 7 nitrogen and oxygen atoms in total. The molecule has 2 rings (SSSR count). The van der Waals surface area contributed by atoms with Gasteiger partial charge in [-0.2, -0.15) is 0 Å². The highest BCUT2D eigenvalue weighted by Crippen LogP contribution is 2.17. The Morgan fingerprint density at radius 2 is 2.32 bits per heavy atom. The number of ether oxygens (including phenoxy) is 1. The van der Waals surface area contributed by atoms with Crippen LogP contribution >= 0.6 is 0 Å². The minimum absolute atomic E-state index is 0.106. The van der Waals surface area contributed by atoms with Crippen LogP contribution in [0.1, 0.15) is 23.3 Å². The quantitative estimate of drug-likeness (QED) is 0.706. The number of hydrogen-bond acceptors (Lipinski definition) is 6. The van der Waals surface area contributed by atoms with Gasteiger partial charge in [0.2, 0.25) is 0 Å². The molecule has 0 aliphatic carbocycles. The Kier molecular flexibility index (Phi) is 5.73. The Labute approximate surface area is 130 Å². The van der Waals surface area contributed by atoms with Crippen molar-refractivity contribution in [2.75, 3.05) is 37.1 Å². The fraction of sp³-hybridized carbons (Fsp3) is 0.571. The van der Waals surface area contributed by atoms with E-state index in [1.165, 1.54) is 6.20 Å². The summed E-state index contributed by atoms with van der Waals surface area (Å²) in [6.45, 7) is 1.11. The SMILES string of the molecule is COCCCNC(=O)c1cc(NC2CCS(=O)(=O)C2)ccn1. The van der Waals surface area contributed by atoms with E-state index in [0.29, 0.717) is 31.0 Å². The van der Waals surface area contributed by atoms with Gasteiger partial charge < -0.3 is 15.4 Å². The average Bonchev–Trinajstić information content (AvgIpc) is 2.82. The molecule has 1 aliphatic rings. The average molecular weight is 327 g/mol. The zero-order chi connectivity index (χ0) is 16.0. The van der Waals surface area contributed by atoms with E-state index >= 15 is 0 Å². The van der Waals surface area contributed by atoms with Crippen LogP contribution in [0.2, 0.25) is 0 Å². The molecule has 1 atom stereocenters. The minimum Gasteiger partial charge on any atom is -0.385 e. The van der Waals surface area contributed by atoms with E-state index in [2.05, 4.69) is 15.6 Å². The highest BCUT2D eigenvalue weighted by atomic mass is 32.2. The van der Waals surface area contributed by atoms with Gasteiger partial charge in [-0.3, -0.25) is 9.78 Å². The number of carbonyl (C=O) groups is 1. The van der Waals surface area contributed by atoms with Crippen molar-refractivity contribution in [1.82, 2.24) is 10.3 Å². The number of pyridine rings is 1. The van der Waals surface area contributed by atoms with Crippen LogP contribution in [-0.2, 0) is 14.6 Å². The van der Waals surface area contributed by atoms with Gasteiger partial charge in [0.15, 0.2) is 9.84 Å². The number of nitrogens with one attached hydrogen (secondary N) is 2. The second-order valence-electron chi connectivity index (χ2n) is 5.28. The topological polar surface area (TPSA) is 97.4 Å². The Morgan fingerprint density at radius 3 is 3.00 bits per heavy atom. The van der Waals surface area contributed by atoms with Crippen LogP contribution in [0.4, 0.5) is 5.69 Å². The van der Waals surface area contributed by atoms with Crippen molar-refractivity contribution in [1.29, 1.82) is 0 Å². The number of methoxy groups -OCH3 is 1. The minimum atomic E-state index is -2.93. The Morgan fingerprint density at radius 1 is 1.50 bits per heavy atom. The maximum absolute atomic E-state index is 12.0. The number of hydrogen-bond donors (Lipinski definition) is 2. The summed E-state index contributed by atoms with van der Waals surface area (Å²) >= 11 is 0. The molecule has 2 heterocycles. The number of amides is 1. The van der Waals surface area contributed by atoms with Crippen LogP contribution in [0.3, 0.4) is 0 Å². The third kappa shape index (κ3) is 4.96. The van der Waals surface area contributed by atoms with Gasteiger partial charge in [-0.25, -0.2) is 8.42 Å². The molecule has 0 radical (unpaired) electrons. The van der Waals surface area contributed by atoms with E-state index in [4.69, 9.17) is 4.74 Å². The van der Waals surface area contributed by atoms with Gasteiger partial charge in [-0.1, -0.05) is 0 Å². The summed E-state index contributed by atoms with van der Waals surface area (Å²) in [7, 11) is -1.32. The molecule has 1 aliphatic heterocycles. The second kappa shape index (κ2) is 7.55. The van der Waals surface area contributed by atoms with Gasteiger partial charge in [0.05, 0.1) is 11.5 Å². The molecule has 0 bridgehead atoms. The summed E-state index contributed by atoms with van der Waals surface area (Å²) in [5.41, 5.74) is 1.02. The molecule has 0 saturated carbocycles. The molecule has 0 aromatic carbocycles. The Hall–Kier alpha value is -1.67. The molecule has 122 valence electrons. The zero-order valence-electron chi connectivity index (χ0n) is 12.5. The first-order valence-corrected chi connectivity index (χ1v) is 9.02. The van der Waals surface area contributed by atoms with Crippen LogP contribution in [0.5, 0.6) is 0 Å². The monoisotopic (exact) mass is 327 g/mol.